The van der Waals surface area contributed by atoms with Gasteiger partial charge < -0.3 is 9.84 Å². The molecule has 0 saturated carbocycles. The number of alkyl halides is 3. The van der Waals surface area contributed by atoms with Crippen LogP contribution in [0.2, 0.25) is 0 Å². The molecule has 0 aliphatic carbocycles. The number of carbonyl (C=O) groups is 2. The number of phenols is 1. The molecule has 1 saturated heterocycles. The van der Waals surface area contributed by atoms with Crippen LogP contribution in [0.5, 0.6) is 5.75 Å². The third-order valence-corrected chi connectivity index (χ3v) is 7.18. The largest absolute Gasteiger partial charge is 0.507 e. The number of nitrogens with zero attached hydrogens (tertiary/aromatic N) is 1. The van der Waals surface area contributed by atoms with Crippen LogP contribution in [0.3, 0.4) is 0 Å². The van der Waals surface area contributed by atoms with Crippen molar-refractivity contribution in [3.63, 3.8) is 0 Å². The Morgan fingerprint density at radius 3 is 2.08 bits per heavy atom. The second-order valence-corrected chi connectivity index (χ2v) is 11.9. The van der Waals surface area contributed by atoms with Gasteiger partial charge in [-0.15, -0.1) is 0 Å². The SMILES string of the molecule is C[C@H](c1cccc2ccccc12)N1C(=O)OC(c2cc(C(C)(C)C)cc(C(C)(C)C)c2O)(C(F)(F)F)C1=O. The number of benzene rings is 3. The summed E-state index contributed by atoms with van der Waals surface area (Å²) in [5, 5.41) is 12.7. The van der Waals surface area contributed by atoms with Gasteiger partial charge in [0.1, 0.15) is 5.75 Å². The Morgan fingerprint density at radius 1 is 0.895 bits per heavy atom. The Kier molecular flexibility index (Phi) is 6.33. The molecular formula is C30H32F3NO4. The van der Waals surface area contributed by atoms with E-state index in [1.807, 2.05) is 39.0 Å². The number of hydrogen-bond acceptors (Lipinski definition) is 4. The van der Waals surface area contributed by atoms with Crippen LogP contribution in [-0.4, -0.2) is 28.2 Å². The van der Waals surface area contributed by atoms with E-state index < -0.39 is 52.0 Å². The second-order valence-electron chi connectivity index (χ2n) is 11.9. The smallest absolute Gasteiger partial charge is 0.442 e. The molecule has 5 nitrogen and oxygen atoms in total. The monoisotopic (exact) mass is 527 g/mol. The highest BCUT2D eigenvalue weighted by molar-refractivity contribution is 6.05. The minimum absolute atomic E-state index is 0.216. The van der Waals surface area contributed by atoms with Gasteiger partial charge in [-0.3, -0.25) is 4.79 Å². The second kappa shape index (κ2) is 8.75. The van der Waals surface area contributed by atoms with Crippen LogP contribution in [0.15, 0.2) is 54.6 Å². The van der Waals surface area contributed by atoms with E-state index >= 15 is 13.2 Å². The summed E-state index contributed by atoms with van der Waals surface area (Å²) in [5.41, 5.74) is -4.71. The van der Waals surface area contributed by atoms with Gasteiger partial charge in [-0.05, 0) is 51.3 Å². The topological polar surface area (TPSA) is 66.8 Å². The van der Waals surface area contributed by atoms with E-state index in [-0.39, 0.29) is 5.56 Å². The average molecular weight is 528 g/mol. The molecule has 202 valence electrons. The van der Waals surface area contributed by atoms with Crippen molar-refractivity contribution in [3.8, 4) is 5.75 Å². The standard InChI is InChI=1S/C30H32F3NO4/c1-17(20-14-10-12-18-11-8-9-13-21(18)20)34-25(36)29(30(31,32)33,38-26(34)37)23-16-19(27(2,3)4)15-22(24(23)35)28(5,6)7/h8-17,35H,1-7H3/t17-,29?/m1/s1. The van der Waals surface area contributed by atoms with Gasteiger partial charge in [0.15, 0.2) is 0 Å². The minimum Gasteiger partial charge on any atom is -0.507 e. The first-order chi connectivity index (χ1) is 17.4. The molecule has 0 bridgehead atoms. The molecule has 38 heavy (non-hydrogen) atoms. The molecule has 0 spiro atoms. The third-order valence-electron chi connectivity index (χ3n) is 7.18. The van der Waals surface area contributed by atoms with Gasteiger partial charge in [-0.2, -0.15) is 13.2 Å². The van der Waals surface area contributed by atoms with Crippen molar-refractivity contribution in [2.24, 2.45) is 0 Å². The number of imide groups is 1. The lowest BCUT2D eigenvalue weighted by molar-refractivity contribution is -0.247. The molecular weight excluding hydrogens is 495 g/mol. The van der Waals surface area contributed by atoms with E-state index in [9.17, 15) is 14.7 Å². The van der Waals surface area contributed by atoms with Crippen molar-refractivity contribution in [3.05, 3.63) is 76.9 Å². The Bertz CT molecular complexity index is 1430. The van der Waals surface area contributed by atoms with Gasteiger partial charge in [0.25, 0.3) is 5.91 Å². The summed E-state index contributed by atoms with van der Waals surface area (Å²) in [6.45, 7) is 12.2. The fraction of sp³-hybridized carbons (Fsp3) is 0.400. The van der Waals surface area contributed by atoms with Gasteiger partial charge in [-0.25, -0.2) is 9.69 Å². The number of aromatic hydroxyl groups is 1. The summed E-state index contributed by atoms with van der Waals surface area (Å²) >= 11 is 0. The number of halogens is 3. The highest BCUT2D eigenvalue weighted by atomic mass is 19.4. The summed E-state index contributed by atoms with van der Waals surface area (Å²) in [6, 6.07) is 14.1. The molecule has 1 fully saturated rings. The molecule has 3 aromatic rings. The van der Waals surface area contributed by atoms with Crippen molar-refractivity contribution in [1.82, 2.24) is 4.90 Å². The fourth-order valence-corrected chi connectivity index (χ4v) is 4.97. The zero-order valence-corrected chi connectivity index (χ0v) is 22.5. The van der Waals surface area contributed by atoms with Gasteiger partial charge in [0, 0.05) is 0 Å². The third kappa shape index (κ3) is 4.20. The maximum Gasteiger partial charge on any atom is 0.442 e. The molecule has 0 radical (unpaired) electrons. The number of cyclic esters (lactones) is 1. The zero-order chi connectivity index (χ0) is 28.4. The summed E-state index contributed by atoms with van der Waals surface area (Å²) in [4.78, 5) is 27.5. The summed E-state index contributed by atoms with van der Waals surface area (Å²) in [7, 11) is 0. The Morgan fingerprint density at radius 2 is 1.50 bits per heavy atom. The van der Waals surface area contributed by atoms with E-state index in [1.54, 1.807) is 51.1 Å². The van der Waals surface area contributed by atoms with Crippen LogP contribution in [0.4, 0.5) is 18.0 Å². The maximum atomic E-state index is 15.0. The highest BCUT2D eigenvalue weighted by Crippen LogP contribution is 2.54. The van der Waals surface area contributed by atoms with Gasteiger partial charge in [-0.1, -0.05) is 90.1 Å². The van der Waals surface area contributed by atoms with Crippen molar-refractivity contribution >= 4 is 22.8 Å². The van der Waals surface area contributed by atoms with E-state index in [4.69, 9.17) is 4.74 Å². The first kappa shape index (κ1) is 27.5. The molecule has 2 amide bonds. The molecule has 2 atom stereocenters. The van der Waals surface area contributed by atoms with Gasteiger partial charge >= 0.3 is 17.9 Å². The number of phenolic OH excluding ortho intramolecular Hbond substituents is 1. The fourth-order valence-electron chi connectivity index (χ4n) is 4.97. The minimum atomic E-state index is -5.35. The first-order valence-electron chi connectivity index (χ1n) is 12.4. The van der Waals surface area contributed by atoms with Crippen LogP contribution in [0, 0.1) is 0 Å². The van der Waals surface area contributed by atoms with Crippen LogP contribution in [0.1, 0.15) is 76.8 Å². The average Bonchev–Trinajstić information content (AvgIpc) is 3.07. The Labute approximate surface area is 220 Å². The molecule has 1 heterocycles. The maximum absolute atomic E-state index is 15.0. The van der Waals surface area contributed by atoms with E-state index in [2.05, 4.69) is 0 Å². The van der Waals surface area contributed by atoms with E-state index in [0.717, 1.165) is 11.5 Å². The summed E-state index contributed by atoms with van der Waals surface area (Å²) < 4.78 is 50.1. The molecule has 1 aliphatic heterocycles. The zero-order valence-electron chi connectivity index (χ0n) is 22.5. The van der Waals surface area contributed by atoms with Crippen LogP contribution >= 0.6 is 0 Å². The van der Waals surface area contributed by atoms with E-state index in [1.165, 1.54) is 6.92 Å². The normalized spacial score (nSPS) is 19.7. The Hall–Kier alpha value is -3.55. The quantitative estimate of drug-likeness (QED) is 0.380. The molecule has 4 rings (SSSR count). The van der Waals surface area contributed by atoms with E-state index in [0.29, 0.717) is 21.4 Å². The molecule has 1 aliphatic rings. The molecule has 3 aromatic carbocycles. The number of fused-ring (bicyclic) bond motifs is 1. The number of hydrogen-bond donors (Lipinski definition) is 1. The van der Waals surface area contributed by atoms with Crippen LogP contribution in [-0.2, 0) is 26.0 Å². The van der Waals surface area contributed by atoms with Crippen molar-refractivity contribution in [2.75, 3.05) is 0 Å². The summed E-state index contributed by atoms with van der Waals surface area (Å²) in [6.07, 6.45) is -6.78. The van der Waals surface area contributed by atoms with Crippen LogP contribution < -0.4 is 0 Å². The number of carbonyl (C=O) groups excluding carboxylic acids is 2. The van der Waals surface area contributed by atoms with Crippen LogP contribution in [0.25, 0.3) is 10.8 Å². The predicted molar refractivity (Wildman–Crippen MR) is 139 cm³/mol. The predicted octanol–water partition coefficient (Wildman–Crippen LogP) is 7.64. The first-order valence-corrected chi connectivity index (χ1v) is 12.4. The van der Waals surface area contributed by atoms with Crippen molar-refractivity contribution < 1.29 is 32.6 Å². The lowest BCUT2D eigenvalue weighted by Gasteiger charge is -2.33. The van der Waals surface area contributed by atoms with Crippen molar-refractivity contribution in [2.45, 2.75) is 77.1 Å². The Balaban J connectivity index is 1.97. The highest BCUT2D eigenvalue weighted by Gasteiger charge is 2.73. The number of amides is 2. The van der Waals surface area contributed by atoms with Gasteiger partial charge in [0.05, 0.1) is 11.6 Å². The number of ether oxygens (including phenoxy) is 1. The van der Waals surface area contributed by atoms with Crippen molar-refractivity contribution in [1.29, 1.82) is 0 Å². The molecule has 8 heteroatoms. The number of rotatable bonds is 3. The lowest BCUT2D eigenvalue weighted by atomic mass is 9.76. The molecule has 0 aromatic heterocycles. The molecule has 1 unspecified atom stereocenters. The summed E-state index contributed by atoms with van der Waals surface area (Å²) in [5.74, 6) is -2.31. The lowest BCUT2D eigenvalue weighted by Crippen LogP contribution is -2.50. The van der Waals surface area contributed by atoms with Gasteiger partial charge in [0.2, 0.25) is 0 Å². The molecule has 1 N–H and O–H groups in total.